The number of ether oxygens (including phenoxy) is 1. The summed E-state index contributed by atoms with van der Waals surface area (Å²) in [5.74, 6) is -0.0938. The predicted molar refractivity (Wildman–Crippen MR) is 86.0 cm³/mol. The molecule has 0 saturated heterocycles. The van der Waals surface area contributed by atoms with Crippen LogP contribution < -0.4 is 0 Å². The van der Waals surface area contributed by atoms with E-state index in [-0.39, 0.29) is 12.6 Å². The average Bonchev–Trinajstić information content (AvgIpc) is 2.36. The molecule has 0 N–H and O–H groups in total. The van der Waals surface area contributed by atoms with Crippen molar-refractivity contribution in [3.63, 3.8) is 0 Å². The molecule has 0 radical (unpaired) electrons. The first kappa shape index (κ1) is 19.4. The molecule has 6 heteroatoms. The Hall–Kier alpha value is -0.620. The standard InChI is InChI=1S/C16H30O5S/c1-15(2,3)21-14(17)16(10-6-5-7-11-16)12-8-9-13-20-22(4,18)19/h5-13H2,1-4H3. The van der Waals surface area contributed by atoms with Gasteiger partial charge >= 0.3 is 5.97 Å². The zero-order valence-corrected chi connectivity index (χ0v) is 15.1. The van der Waals surface area contributed by atoms with Crippen LogP contribution in [-0.2, 0) is 23.8 Å². The normalized spacial score (nSPS) is 18.9. The van der Waals surface area contributed by atoms with Crippen molar-refractivity contribution in [2.75, 3.05) is 12.9 Å². The van der Waals surface area contributed by atoms with Crippen molar-refractivity contribution in [2.24, 2.45) is 5.41 Å². The van der Waals surface area contributed by atoms with Gasteiger partial charge in [-0.15, -0.1) is 0 Å². The lowest BCUT2D eigenvalue weighted by molar-refractivity contribution is -0.170. The summed E-state index contributed by atoms with van der Waals surface area (Å²) >= 11 is 0. The highest BCUT2D eigenvalue weighted by Crippen LogP contribution is 2.42. The van der Waals surface area contributed by atoms with E-state index in [0.717, 1.165) is 44.8 Å². The molecule has 5 nitrogen and oxygen atoms in total. The van der Waals surface area contributed by atoms with E-state index in [1.165, 1.54) is 6.42 Å². The summed E-state index contributed by atoms with van der Waals surface area (Å²) in [5, 5.41) is 0. The highest BCUT2D eigenvalue weighted by Gasteiger charge is 2.41. The fourth-order valence-electron chi connectivity index (χ4n) is 2.95. The molecule has 1 aliphatic carbocycles. The second-order valence-corrected chi connectivity index (χ2v) is 8.97. The maximum atomic E-state index is 12.6. The Labute approximate surface area is 134 Å². The molecule has 0 aromatic heterocycles. The number of unbranched alkanes of at least 4 members (excludes halogenated alkanes) is 1. The molecule has 0 heterocycles. The highest BCUT2D eigenvalue weighted by molar-refractivity contribution is 7.85. The predicted octanol–water partition coefficient (Wildman–Crippen LogP) is 3.43. The molecule has 0 unspecified atom stereocenters. The second kappa shape index (κ2) is 7.77. The van der Waals surface area contributed by atoms with Crippen molar-refractivity contribution in [1.82, 2.24) is 0 Å². The quantitative estimate of drug-likeness (QED) is 0.405. The Kier molecular flexibility index (Phi) is 6.86. The number of rotatable bonds is 7. The van der Waals surface area contributed by atoms with Gasteiger partial charge in [0, 0.05) is 0 Å². The second-order valence-electron chi connectivity index (χ2n) is 7.33. The molecule has 1 rings (SSSR count). The van der Waals surface area contributed by atoms with Crippen LogP contribution in [0.25, 0.3) is 0 Å². The van der Waals surface area contributed by atoms with Crippen molar-refractivity contribution >= 4 is 16.1 Å². The van der Waals surface area contributed by atoms with Crippen molar-refractivity contribution in [2.45, 2.75) is 77.7 Å². The van der Waals surface area contributed by atoms with Gasteiger partial charge in [-0.1, -0.05) is 19.3 Å². The van der Waals surface area contributed by atoms with Crippen LogP contribution in [0.15, 0.2) is 0 Å². The highest BCUT2D eigenvalue weighted by atomic mass is 32.2. The molecule has 0 spiro atoms. The van der Waals surface area contributed by atoms with Crippen molar-refractivity contribution in [1.29, 1.82) is 0 Å². The van der Waals surface area contributed by atoms with Gasteiger partial charge in [0.25, 0.3) is 10.1 Å². The van der Waals surface area contributed by atoms with Gasteiger partial charge in [-0.25, -0.2) is 0 Å². The number of hydrogen-bond donors (Lipinski definition) is 0. The van der Waals surface area contributed by atoms with E-state index in [4.69, 9.17) is 8.92 Å². The van der Waals surface area contributed by atoms with Crippen LogP contribution in [0.5, 0.6) is 0 Å². The first-order valence-corrected chi connectivity index (χ1v) is 9.94. The summed E-state index contributed by atoms with van der Waals surface area (Å²) in [6.45, 7) is 5.85. The molecule has 0 bridgehead atoms. The minimum atomic E-state index is -3.38. The summed E-state index contributed by atoms with van der Waals surface area (Å²) < 4.78 is 32.2. The van der Waals surface area contributed by atoms with Crippen LogP contribution in [-0.4, -0.2) is 32.9 Å². The summed E-state index contributed by atoms with van der Waals surface area (Å²) in [4.78, 5) is 12.6. The van der Waals surface area contributed by atoms with Gasteiger partial charge < -0.3 is 4.74 Å². The Morgan fingerprint density at radius 2 is 1.68 bits per heavy atom. The third-order valence-corrected chi connectivity index (χ3v) is 4.58. The van der Waals surface area contributed by atoms with Gasteiger partial charge in [0.05, 0.1) is 18.3 Å². The Morgan fingerprint density at radius 1 is 1.09 bits per heavy atom. The first-order chi connectivity index (χ1) is 10.0. The van der Waals surface area contributed by atoms with Crippen LogP contribution in [0.3, 0.4) is 0 Å². The van der Waals surface area contributed by atoms with Crippen LogP contribution in [0.1, 0.15) is 72.1 Å². The molecule has 0 aliphatic heterocycles. The summed E-state index contributed by atoms with van der Waals surface area (Å²) in [5.41, 5.74) is -0.864. The van der Waals surface area contributed by atoms with Crippen LogP contribution in [0.4, 0.5) is 0 Å². The fraction of sp³-hybridized carbons (Fsp3) is 0.938. The Balaban J connectivity index is 2.55. The van der Waals surface area contributed by atoms with E-state index in [1.807, 2.05) is 20.8 Å². The van der Waals surface area contributed by atoms with Gasteiger partial charge in [0.15, 0.2) is 0 Å². The van der Waals surface area contributed by atoms with E-state index in [0.29, 0.717) is 6.42 Å². The molecule has 1 saturated carbocycles. The van der Waals surface area contributed by atoms with Crippen LogP contribution >= 0.6 is 0 Å². The van der Waals surface area contributed by atoms with Crippen molar-refractivity contribution < 1.29 is 22.1 Å². The smallest absolute Gasteiger partial charge is 0.312 e. The zero-order valence-electron chi connectivity index (χ0n) is 14.3. The van der Waals surface area contributed by atoms with E-state index in [1.54, 1.807) is 0 Å². The minimum Gasteiger partial charge on any atom is -0.460 e. The van der Waals surface area contributed by atoms with Gasteiger partial charge in [0.1, 0.15) is 5.60 Å². The minimum absolute atomic E-state index is 0.0938. The third-order valence-electron chi connectivity index (χ3n) is 3.99. The topological polar surface area (TPSA) is 69.7 Å². The summed E-state index contributed by atoms with van der Waals surface area (Å²) in [6.07, 6.45) is 8.22. The van der Waals surface area contributed by atoms with E-state index in [9.17, 15) is 13.2 Å². The lowest BCUT2D eigenvalue weighted by Crippen LogP contribution is -2.39. The number of esters is 1. The SMILES string of the molecule is CC(C)(C)OC(=O)C1(CCCCOS(C)(=O)=O)CCCCC1. The van der Waals surface area contributed by atoms with E-state index in [2.05, 4.69) is 0 Å². The monoisotopic (exact) mass is 334 g/mol. The Morgan fingerprint density at radius 3 is 2.18 bits per heavy atom. The van der Waals surface area contributed by atoms with Crippen molar-refractivity contribution in [3.05, 3.63) is 0 Å². The lowest BCUT2D eigenvalue weighted by Gasteiger charge is -2.37. The largest absolute Gasteiger partial charge is 0.460 e. The molecule has 1 fully saturated rings. The maximum absolute atomic E-state index is 12.6. The first-order valence-electron chi connectivity index (χ1n) is 8.12. The molecular weight excluding hydrogens is 304 g/mol. The molecule has 0 atom stereocenters. The number of hydrogen-bond acceptors (Lipinski definition) is 5. The molecule has 0 aromatic carbocycles. The van der Waals surface area contributed by atoms with Crippen LogP contribution in [0, 0.1) is 5.41 Å². The molecule has 22 heavy (non-hydrogen) atoms. The van der Waals surface area contributed by atoms with Gasteiger partial charge in [-0.3, -0.25) is 8.98 Å². The number of carbonyl (C=O) groups is 1. The molecular formula is C16H30O5S. The third kappa shape index (κ3) is 7.09. The van der Waals surface area contributed by atoms with E-state index < -0.39 is 21.1 Å². The van der Waals surface area contributed by atoms with Crippen LogP contribution in [0.2, 0.25) is 0 Å². The fourth-order valence-corrected chi connectivity index (χ4v) is 3.37. The lowest BCUT2D eigenvalue weighted by atomic mass is 9.71. The average molecular weight is 334 g/mol. The van der Waals surface area contributed by atoms with Gasteiger partial charge in [0.2, 0.25) is 0 Å². The zero-order chi connectivity index (χ0) is 16.9. The summed E-state index contributed by atoms with van der Waals surface area (Å²) in [7, 11) is -3.38. The molecule has 0 aromatic rings. The molecule has 1 aliphatic rings. The van der Waals surface area contributed by atoms with Gasteiger partial charge in [-0.2, -0.15) is 8.42 Å². The maximum Gasteiger partial charge on any atom is 0.312 e. The van der Waals surface area contributed by atoms with Crippen molar-refractivity contribution in [3.8, 4) is 0 Å². The van der Waals surface area contributed by atoms with E-state index >= 15 is 0 Å². The molecule has 0 amide bonds. The van der Waals surface area contributed by atoms with Gasteiger partial charge in [-0.05, 0) is 52.9 Å². The Bertz CT molecular complexity index is 455. The molecule has 130 valence electrons. The summed E-state index contributed by atoms with van der Waals surface area (Å²) in [6, 6.07) is 0. The number of carbonyl (C=O) groups excluding carboxylic acids is 1.